The summed E-state index contributed by atoms with van der Waals surface area (Å²) in [5.41, 5.74) is -1.30. The van der Waals surface area contributed by atoms with Crippen molar-refractivity contribution in [3.05, 3.63) is 59.4 Å². The number of halogens is 4. The topological polar surface area (TPSA) is 49.3 Å². The fraction of sp³-hybridized carbons (Fsp3) is 0.316. The third-order valence-electron chi connectivity index (χ3n) is 4.91. The van der Waals surface area contributed by atoms with Crippen LogP contribution in [0.2, 0.25) is 0 Å². The predicted octanol–water partition coefficient (Wildman–Crippen LogP) is 4.93. The van der Waals surface area contributed by atoms with E-state index in [1.165, 1.54) is 12.1 Å². The summed E-state index contributed by atoms with van der Waals surface area (Å²) in [6.45, 7) is 3.70. The Morgan fingerprint density at radius 3 is 2.31 bits per heavy atom. The molecule has 0 heterocycles. The summed E-state index contributed by atoms with van der Waals surface area (Å²) in [4.78, 5) is 12.6. The smallest absolute Gasteiger partial charge is 0.418 e. The second-order valence-corrected chi connectivity index (χ2v) is 7.05. The molecule has 1 fully saturated rings. The van der Waals surface area contributed by atoms with Gasteiger partial charge in [0.05, 0.1) is 17.2 Å². The molecule has 2 aromatic carbocycles. The molecule has 0 radical (unpaired) electrons. The monoisotopic (exact) mass is 367 g/mol. The Morgan fingerprint density at radius 1 is 1.12 bits per heavy atom. The molecule has 1 aliphatic rings. The predicted molar refractivity (Wildman–Crippen MR) is 88.2 cm³/mol. The molecule has 3 nitrogen and oxygen atoms in total. The van der Waals surface area contributed by atoms with Crippen molar-refractivity contribution < 1.29 is 27.5 Å². The average molecular weight is 367 g/mol. The van der Waals surface area contributed by atoms with Gasteiger partial charge >= 0.3 is 6.18 Å². The minimum atomic E-state index is -4.78. The van der Waals surface area contributed by atoms with Crippen molar-refractivity contribution in [2.24, 2.45) is 11.3 Å². The van der Waals surface area contributed by atoms with Crippen LogP contribution in [0, 0.1) is 17.2 Å². The quantitative estimate of drug-likeness (QED) is 0.756. The SMILES string of the molecule is CC1(C)C(c2ccc(O)cc2)[C@H]1C(=O)Nc1ccc(F)cc1C(F)(F)F. The van der Waals surface area contributed by atoms with Crippen LogP contribution in [0.3, 0.4) is 0 Å². The van der Waals surface area contributed by atoms with Crippen LogP contribution < -0.4 is 5.32 Å². The third kappa shape index (κ3) is 3.25. The van der Waals surface area contributed by atoms with Crippen LogP contribution in [0.1, 0.15) is 30.9 Å². The Labute approximate surface area is 147 Å². The van der Waals surface area contributed by atoms with E-state index in [1.807, 2.05) is 13.8 Å². The van der Waals surface area contributed by atoms with Gasteiger partial charge in [-0.05, 0) is 41.3 Å². The van der Waals surface area contributed by atoms with Gasteiger partial charge in [0.15, 0.2) is 0 Å². The van der Waals surface area contributed by atoms with Gasteiger partial charge in [0.1, 0.15) is 11.6 Å². The van der Waals surface area contributed by atoms with Crippen LogP contribution in [0.4, 0.5) is 23.2 Å². The van der Waals surface area contributed by atoms with E-state index in [9.17, 15) is 27.5 Å². The summed E-state index contributed by atoms with van der Waals surface area (Å²) in [5.74, 6) is -2.19. The number of hydrogen-bond donors (Lipinski definition) is 2. The minimum Gasteiger partial charge on any atom is -0.508 e. The van der Waals surface area contributed by atoms with Gasteiger partial charge < -0.3 is 10.4 Å². The van der Waals surface area contributed by atoms with E-state index in [0.717, 1.165) is 17.7 Å². The summed E-state index contributed by atoms with van der Waals surface area (Å²) in [5, 5.41) is 11.7. The first-order valence-corrected chi connectivity index (χ1v) is 7.98. The normalized spacial score (nSPS) is 21.3. The number of alkyl halides is 3. The van der Waals surface area contributed by atoms with Crippen molar-refractivity contribution in [1.82, 2.24) is 0 Å². The van der Waals surface area contributed by atoms with Gasteiger partial charge in [-0.25, -0.2) is 4.39 Å². The fourth-order valence-electron chi connectivity index (χ4n) is 3.50. The Bertz CT molecular complexity index is 844. The number of benzene rings is 2. The van der Waals surface area contributed by atoms with Crippen LogP contribution in [0.25, 0.3) is 0 Å². The molecule has 26 heavy (non-hydrogen) atoms. The molecular weight excluding hydrogens is 350 g/mol. The van der Waals surface area contributed by atoms with E-state index in [0.29, 0.717) is 6.07 Å². The van der Waals surface area contributed by atoms with E-state index in [4.69, 9.17) is 0 Å². The number of anilines is 1. The molecule has 1 amide bonds. The first kappa shape index (κ1) is 18.2. The standard InChI is InChI=1S/C19H17F4NO2/c1-18(2)15(10-3-6-12(25)7-4-10)16(18)17(26)24-14-8-5-11(20)9-13(14)19(21,22)23/h3-9,15-16,25H,1-2H3,(H,24,26)/t15?,16-/m0/s1. The lowest BCUT2D eigenvalue weighted by molar-refractivity contribution is -0.137. The van der Waals surface area contributed by atoms with Crippen LogP contribution in [-0.4, -0.2) is 11.0 Å². The minimum absolute atomic E-state index is 0.0920. The lowest BCUT2D eigenvalue weighted by atomic mass is 10.0. The fourth-order valence-corrected chi connectivity index (χ4v) is 3.50. The Hall–Kier alpha value is -2.57. The van der Waals surface area contributed by atoms with Gasteiger partial charge in [0, 0.05) is 5.92 Å². The number of amides is 1. The van der Waals surface area contributed by atoms with Gasteiger partial charge in [0.2, 0.25) is 5.91 Å². The molecule has 2 N–H and O–H groups in total. The maximum atomic E-state index is 13.2. The van der Waals surface area contributed by atoms with Crippen LogP contribution in [0.5, 0.6) is 5.75 Å². The summed E-state index contributed by atoms with van der Waals surface area (Å²) >= 11 is 0. The lowest BCUT2D eigenvalue weighted by Gasteiger charge is -2.14. The molecule has 1 saturated carbocycles. The largest absolute Gasteiger partial charge is 0.508 e. The van der Waals surface area contributed by atoms with Crippen molar-refractivity contribution >= 4 is 11.6 Å². The average Bonchev–Trinajstić information content (AvgIpc) is 3.11. The van der Waals surface area contributed by atoms with E-state index < -0.39 is 40.5 Å². The summed E-state index contributed by atoms with van der Waals surface area (Å²) in [7, 11) is 0. The molecule has 7 heteroatoms. The summed E-state index contributed by atoms with van der Waals surface area (Å²) < 4.78 is 52.4. The zero-order valence-corrected chi connectivity index (χ0v) is 14.1. The summed E-state index contributed by atoms with van der Waals surface area (Å²) in [6.07, 6.45) is -4.78. The number of phenols is 1. The highest BCUT2D eigenvalue weighted by Crippen LogP contribution is 2.64. The zero-order chi connectivity index (χ0) is 19.3. The Kier molecular flexibility index (Phi) is 4.21. The molecular formula is C19H17F4NO2. The summed E-state index contributed by atoms with van der Waals surface area (Å²) in [6, 6.07) is 8.54. The van der Waals surface area contributed by atoms with Gasteiger partial charge in [-0.3, -0.25) is 4.79 Å². The second kappa shape index (κ2) is 6.00. The van der Waals surface area contributed by atoms with E-state index in [1.54, 1.807) is 12.1 Å². The number of carbonyl (C=O) groups excluding carboxylic acids is 1. The molecule has 1 unspecified atom stereocenters. The Morgan fingerprint density at radius 2 is 1.73 bits per heavy atom. The molecule has 0 aliphatic heterocycles. The molecule has 0 bridgehead atoms. The highest BCUT2D eigenvalue weighted by molar-refractivity contribution is 5.97. The van der Waals surface area contributed by atoms with Crippen LogP contribution in [-0.2, 0) is 11.0 Å². The number of nitrogens with one attached hydrogen (secondary N) is 1. The number of aromatic hydroxyl groups is 1. The maximum absolute atomic E-state index is 13.2. The first-order chi connectivity index (χ1) is 12.0. The molecule has 2 atom stereocenters. The zero-order valence-electron chi connectivity index (χ0n) is 14.1. The van der Waals surface area contributed by atoms with Gasteiger partial charge in [-0.15, -0.1) is 0 Å². The molecule has 0 saturated heterocycles. The van der Waals surface area contributed by atoms with Gasteiger partial charge in [0.25, 0.3) is 0 Å². The molecule has 0 spiro atoms. The van der Waals surface area contributed by atoms with Gasteiger partial charge in [-0.1, -0.05) is 26.0 Å². The highest BCUT2D eigenvalue weighted by atomic mass is 19.4. The Balaban J connectivity index is 1.84. The van der Waals surface area contributed by atoms with Crippen molar-refractivity contribution in [3.8, 4) is 5.75 Å². The number of phenolic OH excluding ortho intramolecular Hbond substituents is 1. The van der Waals surface area contributed by atoms with E-state index >= 15 is 0 Å². The molecule has 0 aromatic heterocycles. The molecule has 2 aromatic rings. The molecule has 138 valence electrons. The van der Waals surface area contributed by atoms with Crippen molar-refractivity contribution in [2.75, 3.05) is 5.32 Å². The second-order valence-electron chi connectivity index (χ2n) is 7.05. The van der Waals surface area contributed by atoms with Crippen LogP contribution in [0.15, 0.2) is 42.5 Å². The highest BCUT2D eigenvalue weighted by Gasteiger charge is 2.62. The third-order valence-corrected chi connectivity index (χ3v) is 4.91. The number of carbonyl (C=O) groups is 1. The number of hydrogen-bond acceptors (Lipinski definition) is 2. The van der Waals surface area contributed by atoms with Gasteiger partial charge in [-0.2, -0.15) is 13.2 Å². The van der Waals surface area contributed by atoms with E-state index in [2.05, 4.69) is 5.32 Å². The first-order valence-electron chi connectivity index (χ1n) is 7.98. The maximum Gasteiger partial charge on any atom is 0.418 e. The molecule has 3 rings (SSSR count). The number of rotatable bonds is 3. The van der Waals surface area contributed by atoms with Crippen molar-refractivity contribution in [1.29, 1.82) is 0 Å². The molecule has 1 aliphatic carbocycles. The van der Waals surface area contributed by atoms with Crippen LogP contribution >= 0.6 is 0 Å². The lowest BCUT2D eigenvalue weighted by Crippen LogP contribution is -2.20. The van der Waals surface area contributed by atoms with Crippen molar-refractivity contribution in [2.45, 2.75) is 25.9 Å². The van der Waals surface area contributed by atoms with E-state index in [-0.39, 0.29) is 11.7 Å². The van der Waals surface area contributed by atoms with Crippen molar-refractivity contribution in [3.63, 3.8) is 0 Å².